The SMILES string of the molecule is CCCN(C(=O)CCc1ncc(-c2ccccc2F)o1)C1CCNCC1. The van der Waals surface area contributed by atoms with Crippen molar-refractivity contribution < 1.29 is 13.6 Å². The number of hydrogen-bond acceptors (Lipinski definition) is 4. The van der Waals surface area contributed by atoms with E-state index >= 15 is 0 Å². The van der Waals surface area contributed by atoms with Crippen LogP contribution in [0.3, 0.4) is 0 Å². The van der Waals surface area contributed by atoms with Gasteiger partial charge in [-0.1, -0.05) is 19.1 Å². The lowest BCUT2D eigenvalue weighted by Crippen LogP contribution is -2.46. The van der Waals surface area contributed by atoms with Crippen molar-refractivity contribution in [2.24, 2.45) is 0 Å². The fourth-order valence-corrected chi connectivity index (χ4v) is 3.44. The van der Waals surface area contributed by atoms with E-state index in [1.807, 2.05) is 4.90 Å². The molecule has 1 aliphatic heterocycles. The van der Waals surface area contributed by atoms with E-state index in [-0.39, 0.29) is 11.7 Å². The molecule has 0 atom stereocenters. The molecular weight excluding hydrogens is 333 g/mol. The first-order chi connectivity index (χ1) is 12.7. The molecule has 5 nitrogen and oxygen atoms in total. The van der Waals surface area contributed by atoms with Crippen LogP contribution >= 0.6 is 0 Å². The zero-order chi connectivity index (χ0) is 18.4. The molecule has 6 heteroatoms. The topological polar surface area (TPSA) is 58.4 Å². The van der Waals surface area contributed by atoms with Gasteiger partial charge in [-0.05, 0) is 44.5 Å². The van der Waals surface area contributed by atoms with E-state index in [0.717, 1.165) is 38.9 Å². The number of nitrogens with one attached hydrogen (secondary N) is 1. The molecule has 140 valence electrons. The van der Waals surface area contributed by atoms with E-state index in [1.54, 1.807) is 18.2 Å². The van der Waals surface area contributed by atoms with Gasteiger partial charge >= 0.3 is 0 Å². The Morgan fingerprint density at radius 3 is 2.85 bits per heavy atom. The van der Waals surface area contributed by atoms with Crippen LogP contribution in [0.15, 0.2) is 34.9 Å². The smallest absolute Gasteiger partial charge is 0.223 e. The molecule has 0 unspecified atom stereocenters. The summed E-state index contributed by atoms with van der Waals surface area (Å²) in [5.74, 6) is 0.670. The Bertz CT molecular complexity index is 725. The zero-order valence-electron chi connectivity index (χ0n) is 15.2. The molecule has 1 aliphatic rings. The maximum Gasteiger partial charge on any atom is 0.223 e. The van der Waals surface area contributed by atoms with Crippen LogP contribution in [0.5, 0.6) is 0 Å². The van der Waals surface area contributed by atoms with E-state index in [9.17, 15) is 9.18 Å². The van der Waals surface area contributed by atoms with E-state index in [2.05, 4.69) is 17.2 Å². The third-order valence-electron chi connectivity index (χ3n) is 4.78. The molecule has 1 amide bonds. The van der Waals surface area contributed by atoms with Gasteiger partial charge in [-0.25, -0.2) is 9.37 Å². The third kappa shape index (κ3) is 4.49. The zero-order valence-corrected chi connectivity index (χ0v) is 15.2. The van der Waals surface area contributed by atoms with Crippen molar-refractivity contribution >= 4 is 5.91 Å². The van der Waals surface area contributed by atoms with Crippen LogP contribution in [0.2, 0.25) is 0 Å². The Balaban J connectivity index is 1.60. The Morgan fingerprint density at radius 1 is 1.35 bits per heavy atom. The molecule has 0 aliphatic carbocycles. The molecule has 0 saturated carbocycles. The van der Waals surface area contributed by atoms with Crippen LogP contribution in [0.1, 0.15) is 38.5 Å². The van der Waals surface area contributed by atoms with Gasteiger partial charge in [-0.15, -0.1) is 0 Å². The van der Waals surface area contributed by atoms with E-state index in [1.165, 1.54) is 12.3 Å². The number of nitrogens with zero attached hydrogens (tertiary/aromatic N) is 2. The number of piperidine rings is 1. The summed E-state index contributed by atoms with van der Waals surface area (Å²) in [6.07, 6.45) is 5.27. The predicted molar refractivity (Wildman–Crippen MR) is 98.1 cm³/mol. The molecule has 1 fully saturated rings. The van der Waals surface area contributed by atoms with Crippen molar-refractivity contribution in [1.29, 1.82) is 0 Å². The van der Waals surface area contributed by atoms with Crippen molar-refractivity contribution in [1.82, 2.24) is 15.2 Å². The highest BCUT2D eigenvalue weighted by molar-refractivity contribution is 5.76. The normalized spacial score (nSPS) is 15.2. The predicted octanol–water partition coefficient (Wildman–Crippen LogP) is 3.40. The lowest BCUT2D eigenvalue weighted by molar-refractivity contribution is -0.134. The first-order valence-corrected chi connectivity index (χ1v) is 9.39. The summed E-state index contributed by atoms with van der Waals surface area (Å²) in [7, 11) is 0. The maximum atomic E-state index is 13.8. The summed E-state index contributed by atoms with van der Waals surface area (Å²) in [6, 6.07) is 6.76. The second-order valence-corrected chi connectivity index (χ2v) is 6.67. The number of aromatic nitrogens is 1. The molecule has 1 aromatic carbocycles. The van der Waals surface area contributed by atoms with Gasteiger partial charge in [0.1, 0.15) is 5.82 Å². The number of amides is 1. The second kappa shape index (κ2) is 8.94. The Kier molecular flexibility index (Phi) is 6.39. The number of rotatable bonds is 7. The molecule has 2 heterocycles. The van der Waals surface area contributed by atoms with Crippen LogP contribution in [-0.2, 0) is 11.2 Å². The average Bonchev–Trinajstić information content (AvgIpc) is 3.14. The molecule has 0 radical (unpaired) electrons. The Morgan fingerprint density at radius 2 is 2.12 bits per heavy atom. The number of aryl methyl sites for hydroxylation is 1. The summed E-state index contributed by atoms with van der Waals surface area (Å²) in [5, 5.41) is 3.34. The highest BCUT2D eigenvalue weighted by Gasteiger charge is 2.24. The molecule has 2 aromatic rings. The molecule has 26 heavy (non-hydrogen) atoms. The molecule has 1 aromatic heterocycles. The monoisotopic (exact) mass is 359 g/mol. The van der Waals surface area contributed by atoms with E-state index < -0.39 is 0 Å². The Labute approximate surface area is 153 Å². The van der Waals surface area contributed by atoms with Crippen LogP contribution in [0.25, 0.3) is 11.3 Å². The molecule has 1 N–H and O–H groups in total. The quantitative estimate of drug-likeness (QED) is 0.823. The van der Waals surface area contributed by atoms with Crippen molar-refractivity contribution in [2.45, 2.75) is 45.1 Å². The van der Waals surface area contributed by atoms with Gasteiger partial charge in [0.15, 0.2) is 11.7 Å². The highest BCUT2D eigenvalue weighted by atomic mass is 19.1. The summed E-state index contributed by atoms with van der Waals surface area (Å²) in [6.45, 7) is 4.81. The fourth-order valence-electron chi connectivity index (χ4n) is 3.44. The summed E-state index contributed by atoms with van der Waals surface area (Å²) >= 11 is 0. The maximum absolute atomic E-state index is 13.8. The standard InChI is InChI=1S/C20H26FN3O2/c1-2-13-24(15-9-11-22-12-10-15)20(25)8-7-19-23-14-18(26-19)16-5-3-4-6-17(16)21/h3-6,14-15,22H,2,7-13H2,1H3. The Hall–Kier alpha value is -2.21. The van der Waals surface area contributed by atoms with Crippen LogP contribution < -0.4 is 5.32 Å². The van der Waals surface area contributed by atoms with Crippen LogP contribution in [-0.4, -0.2) is 41.5 Å². The van der Waals surface area contributed by atoms with E-state index in [4.69, 9.17) is 4.42 Å². The first kappa shape index (κ1) is 18.6. The first-order valence-electron chi connectivity index (χ1n) is 9.39. The minimum atomic E-state index is -0.341. The number of hydrogen-bond donors (Lipinski definition) is 1. The number of carbonyl (C=O) groups excluding carboxylic acids is 1. The van der Waals surface area contributed by atoms with Crippen LogP contribution in [0.4, 0.5) is 4.39 Å². The van der Waals surface area contributed by atoms with Gasteiger partial charge < -0.3 is 14.6 Å². The van der Waals surface area contributed by atoms with Gasteiger partial charge in [0.2, 0.25) is 5.91 Å². The summed E-state index contributed by atoms with van der Waals surface area (Å²) < 4.78 is 19.5. The van der Waals surface area contributed by atoms with Crippen LogP contribution in [0, 0.1) is 5.82 Å². The molecule has 1 saturated heterocycles. The van der Waals surface area contributed by atoms with E-state index in [0.29, 0.717) is 36.1 Å². The fraction of sp³-hybridized carbons (Fsp3) is 0.500. The lowest BCUT2D eigenvalue weighted by Gasteiger charge is -2.34. The van der Waals surface area contributed by atoms with Gasteiger partial charge in [-0.2, -0.15) is 0 Å². The number of halogens is 1. The number of carbonyl (C=O) groups is 1. The van der Waals surface area contributed by atoms with Gasteiger partial charge in [0, 0.05) is 25.4 Å². The molecule has 0 bridgehead atoms. The van der Waals surface area contributed by atoms with Crippen molar-refractivity contribution in [3.63, 3.8) is 0 Å². The van der Waals surface area contributed by atoms with Crippen molar-refractivity contribution in [3.05, 3.63) is 42.2 Å². The number of oxazole rings is 1. The summed E-state index contributed by atoms with van der Waals surface area (Å²) in [4.78, 5) is 18.9. The molecular formula is C20H26FN3O2. The largest absolute Gasteiger partial charge is 0.441 e. The van der Waals surface area contributed by atoms with Crippen molar-refractivity contribution in [2.75, 3.05) is 19.6 Å². The minimum absolute atomic E-state index is 0.143. The van der Waals surface area contributed by atoms with Gasteiger partial charge in [0.05, 0.1) is 11.8 Å². The lowest BCUT2D eigenvalue weighted by atomic mass is 10.0. The van der Waals surface area contributed by atoms with Gasteiger partial charge in [0.25, 0.3) is 0 Å². The van der Waals surface area contributed by atoms with Crippen molar-refractivity contribution in [3.8, 4) is 11.3 Å². The highest BCUT2D eigenvalue weighted by Crippen LogP contribution is 2.24. The second-order valence-electron chi connectivity index (χ2n) is 6.67. The van der Waals surface area contributed by atoms with Gasteiger partial charge in [-0.3, -0.25) is 4.79 Å². The average molecular weight is 359 g/mol. The summed E-state index contributed by atoms with van der Waals surface area (Å²) in [5.41, 5.74) is 0.389. The third-order valence-corrected chi connectivity index (χ3v) is 4.78. The molecule has 0 spiro atoms. The number of benzene rings is 1. The minimum Gasteiger partial charge on any atom is -0.441 e. The molecule has 3 rings (SSSR count).